The van der Waals surface area contributed by atoms with Crippen molar-refractivity contribution in [2.45, 2.75) is 38.9 Å². The Morgan fingerprint density at radius 3 is 2.62 bits per heavy atom. The highest BCUT2D eigenvalue weighted by Crippen LogP contribution is 2.35. The summed E-state index contributed by atoms with van der Waals surface area (Å²) in [5.41, 5.74) is 0.450. The van der Waals surface area contributed by atoms with Crippen LogP contribution in [0.15, 0.2) is 0 Å². The third-order valence-electron chi connectivity index (χ3n) is 4.98. The molecule has 3 rings (SSSR count). The lowest BCUT2D eigenvalue weighted by Crippen LogP contribution is -2.51. The minimum Gasteiger partial charge on any atom is -0.372 e. The summed E-state index contributed by atoms with van der Waals surface area (Å²) in [4.78, 5) is 16.8. The molecular formula is C15H28ClN3O2. The first kappa shape index (κ1) is 17.0. The predicted molar refractivity (Wildman–Crippen MR) is 84.8 cm³/mol. The third-order valence-corrected chi connectivity index (χ3v) is 4.98. The molecule has 0 aliphatic carbocycles. The van der Waals surface area contributed by atoms with Gasteiger partial charge in [0.1, 0.15) is 0 Å². The number of rotatable bonds is 2. The Morgan fingerprint density at radius 2 is 2.00 bits per heavy atom. The van der Waals surface area contributed by atoms with Crippen LogP contribution >= 0.6 is 12.4 Å². The van der Waals surface area contributed by atoms with Crippen LogP contribution < -0.4 is 5.32 Å². The minimum absolute atomic E-state index is 0. The standard InChI is InChI=1S/C15H27N3O2.ClH/c1-12-7-18(8-13(2)20-12)14(19)9-17-6-4-15(11-17)3-5-16-10-15;/h12-13,16H,3-11H2,1-2H3;1H. The van der Waals surface area contributed by atoms with E-state index in [0.717, 1.165) is 39.3 Å². The van der Waals surface area contributed by atoms with Crippen molar-refractivity contribution < 1.29 is 9.53 Å². The molecule has 1 spiro atoms. The van der Waals surface area contributed by atoms with Crippen LogP contribution in [0.1, 0.15) is 26.7 Å². The highest BCUT2D eigenvalue weighted by atomic mass is 35.5. The van der Waals surface area contributed by atoms with E-state index in [0.29, 0.717) is 12.0 Å². The molecule has 3 unspecified atom stereocenters. The second kappa shape index (κ2) is 6.82. The number of halogens is 1. The van der Waals surface area contributed by atoms with Gasteiger partial charge in [0.15, 0.2) is 0 Å². The Hall–Kier alpha value is -0.360. The molecule has 3 fully saturated rings. The average molecular weight is 318 g/mol. The van der Waals surface area contributed by atoms with E-state index in [1.807, 2.05) is 18.7 Å². The Labute approximate surface area is 133 Å². The molecule has 3 heterocycles. The van der Waals surface area contributed by atoms with E-state index < -0.39 is 0 Å². The van der Waals surface area contributed by atoms with Gasteiger partial charge in [0.2, 0.25) is 5.91 Å². The third kappa shape index (κ3) is 3.89. The number of morpholine rings is 1. The summed E-state index contributed by atoms with van der Waals surface area (Å²) in [6.07, 6.45) is 2.82. The van der Waals surface area contributed by atoms with Crippen LogP contribution in [0.25, 0.3) is 0 Å². The number of carbonyl (C=O) groups is 1. The summed E-state index contributed by atoms with van der Waals surface area (Å²) in [6, 6.07) is 0. The molecule has 3 atom stereocenters. The van der Waals surface area contributed by atoms with Crippen molar-refractivity contribution in [3.63, 3.8) is 0 Å². The van der Waals surface area contributed by atoms with Crippen LogP contribution in [-0.4, -0.2) is 73.7 Å². The Kier molecular flexibility index (Phi) is 5.52. The molecule has 21 heavy (non-hydrogen) atoms. The van der Waals surface area contributed by atoms with E-state index in [1.54, 1.807) is 0 Å². The van der Waals surface area contributed by atoms with Crippen LogP contribution in [0.4, 0.5) is 0 Å². The molecule has 0 aromatic carbocycles. The second-order valence-corrected chi connectivity index (χ2v) is 6.94. The largest absolute Gasteiger partial charge is 0.372 e. The number of ether oxygens (including phenoxy) is 1. The summed E-state index contributed by atoms with van der Waals surface area (Å²) < 4.78 is 5.70. The number of likely N-dealkylation sites (tertiary alicyclic amines) is 1. The van der Waals surface area contributed by atoms with Gasteiger partial charge in [-0.2, -0.15) is 0 Å². The van der Waals surface area contributed by atoms with Crippen molar-refractivity contribution in [3.05, 3.63) is 0 Å². The lowest BCUT2D eigenvalue weighted by atomic mass is 9.87. The summed E-state index contributed by atoms with van der Waals surface area (Å²) in [5.74, 6) is 0.273. The monoisotopic (exact) mass is 317 g/mol. The molecule has 122 valence electrons. The van der Waals surface area contributed by atoms with Crippen LogP contribution in [0.3, 0.4) is 0 Å². The molecule has 3 saturated heterocycles. The molecule has 0 aromatic heterocycles. The van der Waals surface area contributed by atoms with Gasteiger partial charge in [0, 0.05) is 26.2 Å². The van der Waals surface area contributed by atoms with Gasteiger partial charge in [-0.05, 0) is 45.2 Å². The molecule has 6 heteroatoms. The van der Waals surface area contributed by atoms with Crippen molar-refractivity contribution in [1.82, 2.24) is 15.1 Å². The molecule has 0 aromatic rings. The first-order valence-electron chi connectivity index (χ1n) is 7.93. The Balaban J connectivity index is 0.00000161. The fourth-order valence-corrected chi connectivity index (χ4v) is 3.98. The fourth-order valence-electron chi connectivity index (χ4n) is 3.98. The first-order chi connectivity index (χ1) is 9.56. The molecule has 0 saturated carbocycles. The van der Waals surface area contributed by atoms with Crippen molar-refractivity contribution >= 4 is 18.3 Å². The number of hydrogen-bond acceptors (Lipinski definition) is 4. The van der Waals surface area contributed by atoms with Crippen molar-refractivity contribution in [1.29, 1.82) is 0 Å². The summed E-state index contributed by atoms with van der Waals surface area (Å²) in [6.45, 7) is 10.6. The van der Waals surface area contributed by atoms with Gasteiger partial charge >= 0.3 is 0 Å². The molecule has 5 nitrogen and oxygen atoms in total. The molecule has 1 amide bonds. The van der Waals surface area contributed by atoms with Gasteiger partial charge in [-0.1, -0.05) is 0 Å². The van der Waals surface area contributed by atoms with Crippen LogP contribution in [0.5, 0.6) is 0 Å². The highest BCUT2D eigenvalue weighted by molar-refractivity contribution is 5.85. The topological polar surface area (TPSA) is 44.8 Å². The number of nitrogens with zero attached hydrogens (tertiary/aromatic N) is 2. The number of carbonyl (C=O) groups excluding carboxylic acids is 1. The van der Waals surface area contributed by atoms with Gasteiger partial charge in [-0.25, -0.2) is 0 Å². The van der Waals surface area contributed by atoms with E-state index in [1.165, 1.54) is 12.8 Å². The maximum atomic E-state index is 12.5. The van der Waals surface area contributed by atoms with Gasteiger partial charge in [0.25, 0.3) is 0 Å². The van der Waals surface area contributed by atoms with Crippen molar-refractivity contribution in [2.75, 3.05) is 45.8 Å². The minimum atomic E-state index is 0. The number of nitrogens with one attached hydrogen (secondary N) is 1. The second-order valence-electron chi connectivity index (χ2n) is 6.94. The van der Waals surface area contributed by atoms with E-state index in [4.69, 9.17) is 4.74 Å². The van der Waals surface area contributed by atoms with E-state index >= 15 is 0 Å². The molecule has 0 radical (unpaired) electrons. The van der Waals surface area contributed by atoms with Crippen LogP contribution in [-0.2, 0) is 9.53 Å². The van der Waals surface area contributed by atoms with E-state index in [2.05, 4.69) is 10.2 Å². The Bertz CT molecular complexity index is 364. The Morgan fingerprint density at radius 1 is 1.29 bits per heavy atom. The fraction of sp³-hybridized carbons (Fsp3) is 0.933. The van der Waals surface area contributed by atoms with Crippen molar-refractivity contribution in [2.24, 2.45) is 5.41 Å². The normalized spacial score (nSPS) is 37.0. The molecule has 0 bridgehead atoms. The molecular weight excluding hydrogens is 290 g/mol. The summed E-state index contributed by atoms with van der Waals surface area (Å²) in [5, 5.41) is 3.47. The van der Waals surface area contributed by atoms with E-state index in [9.17, 15) is 4.79 Å². The zero-order valence-electron chi connectivity index (χ0n) is 13.1. The molecule has 1 N–H and O–H groups in total. The average Bonchev–Trinajstić information content (AvgIpc) is 2.99. The lowest BCUT2D eigenvalue weighted by molar-refractivity contribution is -0.144. The van der Waals surface area contributed by atoms with Gasteiger partial charge in [-0.15, -0.1) is 12.4 Å². The van der Waals surface area contributed by atoms with E-state index in [-0.39, 0.29) is 30.5 Å². The maximum absolute atomic E-state index is 12.5. The maximum Gasteiger partial charge on any atom is 0.236 e. The molecule has 3 aliphatic rings. The lowest BCUT2D eigenvalue weighted by Gasteiger charge is -2.36. The smallest absolute Gasteiger partial charge is 0.236 e. The quantitative estimate of drug-likeness (QED) is 0.815. The van der Waals surface area contributed by atoms with Gasteiger partial charge < -0.3 is 15.0 Å². The highest BCUT2D eigenvalue weighted by Gasteiger charge is 2.41. The zero-order valence-corrected chi connectivity index (χ0v) is 14.0. The first-order valence-corrected chi connectivity index (χ1v) is 7.93. The van der Waals surface area contributed by atoms with Crippen LogP contribution in [0, 0.1) is 5.41 Å². The van der Waals surface area contributed by atoms with Gasteiger partial charge in [-0.3, -0.25) is 9.69 Å². The summed E-state index contributed by atoms with van der Waals surface area (Å²) >= 11 is 0. The van der Waals surface area contributed by atoms with Gasteiger partial charge in [0.05, 0.1) is 18.8 Å². The SMILES string of the molecule is CC1CN(C(=O)CN2CCC3(CCNC3)C2)CC(C)O1.Cl. The predicted octanol–water partition coefficient (Wildman–Crippen LogP) is 0.729. The number of amides is 1. The zero-order chi connectivity index (χ0) is 14.2. The van der Waals surface area contributed by atoms with Crippen LogP contribution in [0.2, 0.25) is 0 Å². The number of hydrogen-bond donors (Lipinski definition) is 1. The van der Waals surface area contributed by atoms with Crippen molar-refractivity contribution in [3.8, 4) is 0 Å². The molecule has 3 aliphatic heterocycles. The summed E-state index contributed by atoms with van der Waals surface area (Å²) in [7, 11) is 0.